The van der Waals surface area contributed by atoms with Crippen molar-refractivity contribution in [3.05, 3.63) is 59.7 Å². The third-order valence-electron chi connectivity index (χ3n) is 3.36. The summed E-state index contributed by atoms with van der Waals surface area (Å²) in [5, 5.41) is 9.28. The molecule has 2 heterocycles. The molecule has 116 valence electrons. The van der Waals surface area contributed by atoms with Gasteiger partial charge in [0.15, 0.2) is 5.69 Å². The molecule has 1 aromatic carbocycles. The van der Waals surface area contributed by atoms with Crippen LogP contribution in [0.25, 0.3) is 16.9 Å². The lowest BCUT2D eigenvalue weighted by atomic mass is 10.2. The van der Waals surface area contributed by atoms with Gasteiger partial charge in [0.05, 0.1) is 18.2 Å². The average Bonchev–Trinajstić information content (AvgIpc) is 2.94. The highest BCUT2D eigenvalue weighted by Gasteiger charge is 2.19. The molecule has 23 heavy (non-hydrogen) atoms. The molecule has 0 unspecified atom stereocenters. The molecular formula is C16H11FN2O4. The number of hydrogen-bond acceptors (Lipinski definition) is 4. The molecule has 0 aliphatic rings. The van der Waals surface area contributed by atoms with Crippen molar-refractivity contribution < 1.29 is 23.8 Å². The number of halogens is 1. The van der Waals surface area contributed by atoms with Crippen molar-refractivity contribution in [1.82, 2.24) is 9.38 Å². The van der Waals surface area contributed by atoms with Gasteiger partial charge in [-0.3, -0.25) is 4.40 Å². The first-order valence-corrected chi connectivity index (χ1v) is 6.61. The van der Waals surface area contributed by atoms with E-state index >= 15 is 0 Å². The fourth-order valence-electron chi connectivity index (χ4n) is 2.28. The maximum atomic E-state index is 13.1. The van der Waals surface area contributed by atoms with Crippen molar-refractivity contribution in [3.63, 3.8) is 0 Å². The number of carbonyl (C=O) groups is 2. The number of carboxylic acid groups (broad SMARTS) is 1. The molecule has 0 radical (unpaired) electrons. The van der Waals surface area contributed by atoms with E-state index in [4.69, 9.17) is 0 Å². The molecule has 0 saturated carbocycles. The van der Waals surface area contributed by atoms with E-state index in [9.17, 15) is 19.1 Å². The predicted octanol–water partition coefficient (Wildman–Crippen LogP) is 2.63. The second-order valence-corrected chi connectivity index (χ2v) is 4.76. The lowest BCUT2D eigenvalue weighted by Gasteiger charge is -2.04. The van der Waals surface area contributed by atoms with Crippen LogP contribution in [0.2, 0.25) is 0 Å². The summed E-state index contributed by atoms with van der Waals surface area (Å²) in [6.45, 7) is 0. The zero-order valence-electron chi connectivity index (χ0n) is 12.0. The number of aromatic nitrogens is 2. The fraction of sp³-hybridized carbons (Fsp3) is 0.0625. The summed E-state index contributed by atoms with van der Waals surface area (Å²) in [5.41, 5.74) is 0.943. The van der Waals surface area contributed by atoms with Crippen LogP contribution in [0.4, 0.5) is 4.39 Å². The quantitative estimate of drug-likeness (QED) is 0.752. The van der Waals surface area contributed by atoms with E-state index in [0.29, 0.717) is 16.9 Å². The molecule has 0 atom stereocenters. The van der Waals surface area contributed by atoms with Crippen LogP contribution in [0.1, 0.15) is 20.8 Å². The Morgan fingerprint density at radius 3 is 2.48 bits per heavy atom. The molecule has 6 nitrogen and oxygen atoms in total. The summed E-state index contributed by atoms with van der Waals surface area (Å²) < 4.78 is 19.2. The first kappa shape index (κ1) is 14.7. The molecule has 1 N–H and O–H groups in total. The Hall–Kier alpha value is -3.22. The molecular weight excluding hydrogens is 303 g/mol. The van der Waals surface area contributed by atoms with Crippen molar-refractivity contribution in [2.75, 3.05) is 7.11 Å². The van der Waals surface area contributed by atoms with Gasteiger partial charge in [0, 0.05) is 11.8 Å². The van der Waals surface area contributed by atoms with Crippen LogP contribution in [0.5, 0.6) is 0 Å². The van der Waals surface area contributed by atoms with Crippen molar-refractivity contribution in [3.8, 4) is 11.4 Å². The molecule has 0 amide bonds. The number of rotatable bonds is 3. The third-order valence-corrected chi connectivity index (χ3v) is 3.36. The van der Waals surface area contributed by atoms with Gasteiger partial charge in [-0.05, 0) is 36.4 Å². The van der Waals surface area contributed by atoms with Crippen molar-refractivity contribution in [2.24, 2.45) is 0 Å². The number of carboxylic acids is 1. The number of imidazole rings is 1. The zero-order valence-corrected chi connectivity index (χ0v) is 12.0. The lowest BCUT2D eigenvalue weighted by Crippen LogP contribution is -2.03. The number of carbonyl (C=O) groups excluding carboxylic acids is 1. The summed E-state index contributed by atoms with van der Waals surface area (Å²) in [6.07, 6.45) is 1.44. The number of benzene rings is 1. The van der Waals surface area contributed by atoms with Crippen molar-refractivity contribution in [1.29, 1.82) is 0 Å². The highest BCUT2D eigenvalue weighted by atomic mass is 19.1. The van der Waals surface area contributed by atoms with Crippen LogP contribution in [-0.2, 0) is 4.74 Å². The molecule has 3 rings (SSSR count). The van der Waals surface area contributed by atoms with Crippen molar-refractivity contribution >= 4 is 17.5 Å². The molecule has 2 aromatic heterocycles. The SMILES string of the molecule is COC(=O)c1ccc2c(C(=O)O)nc(-c3ccc(F)cc3)n2c1. The Balaban J connectivity index is 2.28. The highest BCUT2D eigenvalue weighted by Crippen LogP contribution is 2.24. The van der Waals surface area contributed by atoms with Gasteiger partial charge in [0.2, 0.25) is 0 Å². The number of methoxy groups -OCH3 is 1. The van der Waals surface area contributed by atoms with Crippen LogP contribution in [0, 0.1) is 5.82 Å². The summed E-state index contributed by atoms with van der Waals surface area (Å²) in [7, 11) is 1.25. The minimum Gasteiger partial charge on any atom is -0.476 e. The summed E-state index contributed by atoms with van der Waals surface area (Å²) in [5.74, 6) is -1.87. The Labute approximate surface area is 129 Å². The number of ether oxygens (including phenoxy) is 1. The van der Waals surface area contributed by atoms with E-state index in [1.807, 2.05) is 0 Å². The Bertz CT molecular complexity index is 916. The van der Waals surface area contributed by atoms with Crippen LogP contribution >= 0.6 is 0 Å². The maximum Gasteiger partial charge on any atom is 0.356 e. The van der Waals surface area contributed by atoms with E-state index in [2.05, 4.69) is 9.72 Å². The number of fused-ring (bicyclic) bond motifs is 1. The summed E-state index contributed by atoms with van der Waals surface area (Å²) >= 11 is 0. The highest BCUT2D eigenvalue weighted by molar-refractivity contribution is 5.96. The molecule has 0 aliphatic heterocycles. The molecule has 0 saturated heterocycles. The minimum atomic E-state index is -1.19. The summed E-state index contributed by atoms with van der Waals surface area (Å²) in [4.78, 5) is 27.1. The molecule has 7 heteroatoms. The number of hydrogen-bond donors (Lipinski definition) is 1. The van der Waals surface area contributed by atoms with E-state index in [1.165, 1.54) is 54.1 Å². The molecule has 3 aromatic rings. The number of pyridine rings is 1. The normalized spacial score (nSPS) is 10.7. The van der Waals surface area contributed by atoms with E-state index in [1.54, 1.807) is 0 Å². The Morgan fingerprint density at radius 2 is 1.87 bits per heavy atom. The predicted molar refractivity (Wildman–Crippen MR) is 78.9 cm³/mol. The first-order valence-electron chi connectivity index (χ1n) is 6.61. The standard InChI is InChI=1S/C16H11FN2O4/c1-23-16(22)10-4-7-12-13(15(20)21)18-14(19(12)8-10)9-2-5-11(17)6-3-9/h2-8H,1H3,(H,20,21). The average molecular weight is 314 g/mol. The second kappa shape index (κ2) is 5.53. The van der Waals surface area contributed by atoms with Crippen LogP contribution in [-0.4, -0.2) is 33.5 Å². The van der Waals surface area contributed by atoms with Gasteiger partial charge >= 0.3 is 11.9 Å². The summed E-state index contributed by atoms with van der Waals surface area (Å²) in [6, 6.07) is 8.42. The Kier molecular flexibility index (Phi) is 3.53. The number of esters is 1. The molecule has 0 fully saturated rings. The maximum absolute atomic E-state index is 13.1. The van der Waals surface area contributed by atoms with Gasteiger partial charge in [-0.1, -0.05) is 0 Å². The molecule has 0 bridgehead atoms. The first-order chi connectivity index (χ1) is 11.0. The fourth-order valence-corrected chi connectivity index (χ4v) is 2.28. The smallest absolute Gasteiger partial charge is 0.356 e. The monoisotopic (exact) mass is 314 g/mol. The number of nitrogens with zero attached hydrogens (tertiary/aromatic N) is 2. The largest absolute Gasteiger partial charge is 0.476 e. The topological polar surface area (TPSA) is 80.9 Å². The van der Waals surface area contributed by atoms with E-state index < -0.39 is 17.8 Å². The molecule has 0 spiro atoms. The van der Waals surface area contributed by atoms with Crippen LogP contribution in [0.15, 0.2) is 42.6 Å². The van der Waals surface area contributed by atoms with E-state index in [0.717, 1.165) is 0 Å². The van der Waals surface area contributed by atoms with Gasteiger partial charge < -0.3 is 9.84 Å². The lowest BCUT2D eigenvalue weighted by molar-refractivity contribution is 0.0599. The van der Waals surface area contributed by atoms with Gasteiger partial charge in [0.1, 0.15) is 11.6 Å². The van der Waals surface area contributed by atoms with Crippen LogP contribution < -0.4 is 0 Å². The van der Waals surface area contributed by atoms with Gasteiger partial charge in [0.25, 0.3) is 0 Å². The molecule has 0 aliphatic carbocycles. The number of aromatic carboxylic acids is 1. The zero-order chi connectivity index (χ0) is 16.6. The van der Waals surface area contributed by atoms with Crippen molar-refractivity contribution in [2.45, 2.75) is 0 Å². The third kappa shape index (κ3) is 2.52. The second-order valence-electron chi connectivity index (χ2n) is 4.76. The Morgan fingerprint density at radius 1 is 1.17 bits per heavy atom. The van der Waals surface area contributed by atoms with Gasteiger partial charge in [-0.15, -0.1) is 0 Å². The van der Waals surface area contributed by atoms with Gasteiger partial charge in [-0.2, -0.15) is 0 Å². The van der Waals surface area contributed by atoms with Gasteiger partial charge in [-0.25, -0.2) is 19.0 Å². The van der Waals surface area contributed by atoms with E-state index in [-0.39, 0.29) is 11.3 Å². The van der Waals surface area contributed by atoms with Crippen LogP contribution in [0.3, 0.4) is 0 Å². The minimum absolute atomic E-state index is 0.152.